The topological polar surface area (TPSA) is 59.6 Å². The summed E-state index contributed by atoms with van der Waals surface area (Å²) >= 11 is 0. The number of carbonyl (C=O) groups excluding carboxylic acids is 1. The van der Waals surface area contributed by atoms with Gasteiger partial charge in [-0.15, -0.1) is 0 Å². The molecule has 1 fully saturated rings. The summed E-state index contributed by atoms with van der Waals surface area (Å²) in [4.78, 5) is 11.3. The molecular weight excluding hydrogens is 208 g/mol. The number of carbonyl (C=O) groups is 1. The van der Waals surface area contributed by atoms with Gasteiger partial charge in [0.1, 0.15) is 6.17 Å². The molecule has 2 N–H and O–H groups in total. The number of benzene rings is 1. The smallest absolute Gasteiger partial charge is 0.231 e. The molecule has 84 valence electrons. The first-order chi connectivity index (χ1) is 7.83. The van der Waals surface area contributed by atoms with Crippen LogP contribution in [0.1, 0.15) is 18.2 Å². The van der Waals surface area contributed by atoms with E-state index in [-0.39, 0.29) is 18.9 Å². The van der Waals surface area contributed by atoms with Crippen molar-refractivity contribution in [3.8, 4) is 11.5 Å². The van der Waals surface area contributed by atoms with Crippen LogP contribution >= 0.6 is 0 Å². The predicted octanol–water partition coefficient (Wildman–Crippen LogP) is 0.523. The van der Waals surface area contributed by atoms with Crippen molar-refractivity contribution in [1.82, 2.24) is 10.6 Å². The average molecular weight is 220 g/mol. The van der Waals surface area contributed by atoms with E-state index in [1.807, 2.05) is 18.2 Å². The Morgan fingerprint density at radius 1 is 1.25 bits per heavy atom. The monoisotopic (exact) mass is 220 g/mol. The summed E-state index contributed by atoms with van der Waals surface area (Å²) in [5.41, 5.74) is 0.984. The van der Waals surface area contributed by atoms with E-state index >= 15 is 0 Å². The van der Waals surface area contributed by atoms with Crippen LogP contribution in [0, 0.1) is 0 Å². The molecule has 5 heteroatoms. The first kappa shape index (κ1) is 9.47. The van der Waals surface area contributed by atoms with Gasteiger partial charge in [0.05, 0.1) is 0 Å². The summed E-state index contributed by atoms with van der Waals surface area (Å²) in [6.45, 7) is 0.966. The van der Waals surface area contributed by atoms with Gasteiger partial charge in [-0.3, -0.25) is 10.1 Å². The highest BCUT2D eigenvalue weighted by Gasteiger charge is 2.21. The fourth-order valence-corrected chi connectivity index (χ4v) is 1.91. The van der Waals surface area contributed by atoms with Gasteiger partial charge in [0, 0.05) is 13.0 Å². The van der Waals surface area contributed by atoms with Crippen LogP contribution < -0.4 is 20.1 Å². The van der Waals surface area contributed by atoms with E-state index in [1.165, 1.54) is 0 Å². The van der Waals surface area contributed by atoms with Crippen molar-refractivity contribution in [2.75, 3.05) is 13.3 Å². The molecular formula is C11H12N2O3. The Kier molecular flexibility index (Phi) is 2.18. The van der Waals surface area contributed by atoms with Crippen LogP contribution in [0.3, 0.4) is 0 Å². The van der Waals surface area contributed by atoms with Gasteiger partial charge >= 0.3 is 0 Å². The molecule has 1 aromatic carbocycles. The molecule has 0 aromatic heterocycles. The maximum Gasteiger partial charge on any atom is 0.231 e. The van der Waals surface area contributed by atoms with Crippen molar-refractivity contribution < 1.29 is 14.3 Å². The van der Waals surface area contributed by atoms with Crippen molar-refractivity contribution in [2.24, 2.45) is 0 Å². The Hall–Kier alpha value is -1.75. The number of hydrogen-bond acceptors (Lipinski definition) is 4. The number of rotatable bonds is 1. The highest BCUT2D eigenvalue weighted by Crippen LogP contribution is 2.33. The van der Waals surface area contributed by atoms with E-state index in [4.69, 9.17) is 9.47 Å². The Labute approximate surface area is 92.7 Å². The Morgan fingerprint density at radius 3 is 3.00 bits per heavy atom. The van der Waals surface area contributed by atoms with Crippen LogP contribution in [0.2, 0.25) is 0 Å². The number of fused-ring (bicyclic) bond motifs is 1. The summed E-state index contributed by atoms with van der Waals surface area (Å²) in [5, 5.41) is 6.11. The third-order valence-electron chi connectivity index (χ3n) is 2.74. The van der Waals surface area contributed by atoms with Crippen molar-refractivity contribution in [3.63, 3.8) is 0 Å². The molecule has 0 radical (unpaired) electrons. The van der Waals surface area contributed by atoms with Gasteiger partial charge in [-0.1, -0.05) is 6.07 Å². The second kappa shape index (κ2) is 3.68. The SMILES string of the molecule is O=C1CCN[C@@H](c2ccc3c(c2)OCO3)N1. The van der Waals surface area contributed by atoms with Crippen LogP contribution in [0.4, 0.5) is 0 Å². The Balaban J connectivity index is 1.86. The molecule has 0 aliphatic carbocycles. The van der Waals surface area contributed by atoms with E-state index in [0.29, 0.717) is 13.0 Å². The molecule has 1 saturated heterocycles. The lowest BCUT2D eigenvalue weighted by Crippen LogP contribution is -2.44. The quantitative estimate of drug-likeness (QED) is 0.724. The molecule has 5 nitrogen and oxygen atoms in total. The van der Waals surface area contributed by atoms with Gasteiger partial charge in [-0.2, -0.15) is 0 Å². The summed E-state index contributed by atoms with van der Waals surface area (Å²) in [5.74, 6) is 1.56. The van der Waals surface area contributed by atoms with E-state index in [9.17, 15) is 4.79 Å². The number of nitrogens with one attached hydrogen (secondary N) is 2. The standard InChI is InChI=1S/C11H12N2O3/c14-10-3-4-12-11(13-10)7-1-2-8-9(5-7)16-6-15-8/h1-2,5,11-12H,3-4,6H2,(H,13,14)/t11-/m1/s1. The molecule has 0 saturated carbocycles. The zero-order valence-electron chi connectivity index (χ0n) is 8.66. The number of amides is 1. The van der Waals surface area contributed by atoms with Crippen LogP contribution in [0.25, 0.3) is 0 Å². The van der Waals surface area contributed by atoms with Gasteiger partial charge in [0.2, 0.25) is 12.7 Å². The molecule has 2 aliphatic rings. The Morgan fingerprint density at radius 2 is 2.12 bits per heavy atom. The van der Waals surface area contributed by atoms with Crippen molar-refractivity contribution >= 4 is 5.91 Å². The molecule has 2 aliphatic heterocycles. The van der Waals surface area contributed by atoms with Crippen molar-refractivity contribution in [2.45, 2.75) is 12.6 Å². The van der Waals surface area contributed by atoms with Gasteiger partial charge in [0.25, 0.3) is 0 Å². The molecule has 1 atom stereocenters. The van der Waals surface area contributed by atoms with Crippen molar-refractivity contribution in [3.05, 3.63) is 23.8 Å². The van der Waals surface area contributed by atoms with Crippen LogP contribution in [-0.2, 0) is 4.79 Å². The molecule has 1 aromatic rings. The minimum Gasteiger partial charge on any atom is -0.454 e. The number of hydrogen-bond donors (Lipinski definition) is 2. The summed E-state index contributed by atoms with van der Waals surface area (Å²) < 4.78 is 10.5. The molecule has 16 heavy (non-hydrogen) atoms. The molecule has 3 rings (SSSR count). The van der Waals surface area contributed by atoms with Gasteiger partial charge in [-0.05, 0) is 17.7 Å². The largest absolute Gasteiger partial charge is 0.454 e. The summed E-state index contributed by atoms with van der Waals surface area (Å²) in [6, 6.07) is 5.68. The lowest BCUT2D eigenvalue weighted by atomic mass is 10.1. The molecule has 0 spiro atoms. The average Bonchev–Trinajstić information content (AvgIpc) is 2.75. The van der Waals surface area contributed by atoms with E-state index in [2.05, 4.69) is 10.6 Å². The zero-order chi connectivity index (χ0) is 11.0. The van der Waals surface area contributed by atoms with Crippen LogP contribution in [0.5, 0.6) is 11.5 Å². The lowest BCUT2D eigenvalue weighted by Gasteiger charge is -2.25. The fraction of sp³-hybridized carbons (Fsp3) is 0.364. The second-order valence-electron chi connectivity index (χ2n) is 3.82. The maximum absolute atomic E-state index is 11.3. The Bertz CT molecular complexity index is 433. The first-order valence-electron chi connectivity index (χ1n) is 5.25. The third kappa shape index (κ3) is 1.59. The summed E-state index contributed by atoms with van der Waals surface area (Å²) in [7, 11) is 0. The first-order valence-corrected chi connectivity index (χ1v) is 5.25. The lowest BCUT2D eigenvalue weighted by molar-refractivity contribution is -0.123. The minimum absolute atomic E-state index is 0.0708. The predicted molar refractivity (Wildman–Crippen MR) is 56.1 cm³/mol. The number of ether oxygens (including phenoxy) is 2. The molecule has 2 heterocycles. The van der Waals surface area contributed by atoms with Crippen LogP contribution in [0.15, 0.2) is 18.2 Å². The van der Waals surface area contributed by atoms with E-state index < -0.39 is 0 Å². The molecule has 0 bridgehead atoms. The summed E-state index contributed by atoms with van der Waals surface area (Å²) in [6.07, 6.45) is 0.400. The van der Waals surface area contributed by atoms with Gasteiger partial charge in [0.15, 0.2) is 11.5 Å². The molecule has 1 amide bonds. The van der Waals surface area contributed by atoms with Gasteiger partial charge in [-0.25, -0.2) is 0 Å². The normalized spacial score (nSPS) is 23.0. The van der Waals surface area contributed by atoms with Gasteiger partial charge < -0.3 is 14.8 Å². The fourth-order valence-electron chi connectivity index (χ4n) is 1.91. The van der Waals surface area contributed by atoms with Crippen molar-refractivity contribution in [1.29, 1.82) is 0 Å². The maximum atomic E-state index is 11.3. The third-order valence-corrected chi connectivity index (χ3v) is 2.74. The van der Waals surface area contributed by atoms with E-state index in [0.717, 1.165) is 17.1 Å². The highest BCUT2D eigenvalue weighted by molar-refractivity contribution is 5.77. The zero-order valence-corrected chi connectivity index (χ0v) is 8.66. The highest BCUT2D eigenvalue weighted by atomic mass is 16.7. The second-order valence-corrected chi connectivity index (χ2v) is 3.82. The van der Waals surface area contributed by atoms with Crippen LogP contribution in [-0.4, -0.2) is 19.2 Å². The van der Waals surface area contributed by atoms with E-state index in [1.54, 1.807) is 0 Å². The molecule has 0 unspecified atom stereocenters. The minimum atomic E-state index is -0.129.